The lowest BCUT2D eigenvalue weighted by Gasteiger charge is -2.21. The van der Waals surface area contributed by atoms with Crippen molar-refractivity contribution in [2.24, 2.45) is 0 Å². The summed E-state index contributed by atoms with van der Waals surface area (Å²) >= 11 is 0. The fourth-order valence-electron chi connectivity index (χ4n) is 2.83. The quantitative estimate of drug-likeness (QED) is 0.665. The van der Waals surface area contributed by atoms with Crippen LogP contribution in [0.15, 0.2) is 48.5 Å². The van der Waals surface area contributed by atoms with Crippen LogP contribution in [0.4, 0.5) is 5.69 Å². The second kappa shape index (κ2) is 6.33. The van der Waals surface area contributed by atoms with Crippen molar-refractivity contribution in [3.63, 3.8) is 0 Å². The van der Waals surface area contributed by atoms with Crippen LogP contribution in [0.2, 0.25) is 0 Å². The molecule has 4 N–H and O–H groups in total. The first-order chi connectivity index (χ1) is 11.5. The minimum Gasteiger partial charge on any atom is -0.508 e. The van der Waals surface area contributed by atoms with Gasteiger partial charge >= 0.3 is 0 Å². The minimum absolute atomic E-state index is 0.0356. The lowest BCUT2D eigenvalue weighted by Crippen LogP contribution is -2.38. The number of amides is 2. The summed E-state index contributed by atoms with van der Waals surface area (Å²) in [5.74, 6) is -0.708. The van der Waals surface area contributed by atoms with Gasteiger partial charge in [0.15, 0.2) is 5.60 Å². The number of phenolic OH excluding ortho intramolecular Hbond substituents is 1. The third-order valence-electron chi connectivity index (χ3n) is 4.15. The summed E-state index contributed by atoms with van der Waals surface area (Å²) in [6.45, 7) is 0.144. The van der Waals surface area contributed by atoms with E-state index in [2.05, 4.69) is 10.6 Å². The molecule has 124 valence electrons. The van der Waals surface area contributed by atoms with Crippen LogP contribution in [0.3, 0.4) is 0 Å². The Morgan fingerprint density at radius 3 is 2.62 bits per heavy atom. The Labute approximate surface area is 139 Å². The van der Waals surface area contributed by atoms with Gasteiger partial charge in [-0.15, -0.1) is 0 Å². The van der Waals surface area contributed by atoms with Gasteiger partial charge in [-0.3, -0.25) is 9.59 Å². The zero-order valence-corrected chi connectivity index (χ0v) is 13.0. The molecule has 2 aromatic rings. The molecule has 1 aliphatic heterocycles. The van der Waals surface area contributed by atoms with Gasteiger partial charge in [-0.05, 0) is 12.1 Å². The first-order valence-electron chi connectivity index (χ1n) is 7.67. The van der Waals surface area contributed by atoms with E-state index in [1.165, 1.54) is 6.07 Å². The van der Waals surface area contributed by atoms with Crippen molar-refractivity contribution in [3.05, 3.63) is 59.7 Å². The number of aliphatic hydroxyl groups is 1. The number of carbonyl (C=O) groups excluding carboxylic acids is 2. The molecule has 0 saturated heterocycles. The fraction of sp³-hybridized carbons (Fsp3) is 0.222. The molecule has 0 spiro atoms. The van der Waals surface area contributed by atoms with E-state index in [9.17, 15) is 19.8 Å². The maximum absolute atomic E-state index is 12.1. The van der Waals surface area contributed by atoms with E-state index in [1.807, 2.05) is 0 Å². The van der Waals surface area contributed by atoms with Crippen molar-refractivity contribution in [1.82, 2.24) is 5.32 Å². The van der Waals surface area contributed by atoms with E-state index >= 15 is 0 Å². The largest absolute Gasteiger partial charge is 0.508 e. The number of aromatic hydroxyl groups is 1. The van der Waals surface area contributed by atoms with Crippen molar-refractivity contribution < 1.29 is 19.8 Å². The summed E-state index contributed by atoms with van der Waals surface area (Å²) < 4.78 is 0. The number of benzene rings is 2. The second-order valence-electron chi connectivity index (χ2n) is 5.77. The first kappa shape index (κ1) is 16.0. The van der Waals surface area contributed by atoms with E-state index in [-0.39, 0.29) is 31.0 Å². The predicted octanol–water partition coefficient (Wildman–Crippen LogP) is 1.28. The summed E-state index contributed by atoms with van der Waals surface area (Å²) in [5.41, 5.74) is -0.00757. The SMILES string of the molecule is O=C(Cc1ccccc1O)NCCC1(O)C(=O)Nc2ccccc21. The molecule has 0 saturated carbocycles. The zero-order valence-electron chi connectivity index (χ0n) is 13.0. The Bertz CT molecular complexity index is 790. The highest BCUT2D eigenvalue weighted by atomic mass is 16.3. The van der Waals surface area contributed by atoms with Crippen molar-refractivity contribution in [2.75, 3.05) is 11.9 Å². The standard InChI is InChI=1S/C18H18N2O4/c21-15-8-4-1-5-12(15)11-16(22)19-10-9-18(24)13-6-2-3-7-14(13)20-17(18)23/h1-8,21,24H,9-11H2,(H,19,22)(H,20,23). The molecule has 6 heteroatoms. The molecular formula is C18H18N2O4. The molecule has 1 unspecified atom stereocenters. The van der Waals surface area contributed by atoms with E-state index in [4.69, 9.17) is 0 Å². The maximum Gasteiger partial charge on any atom is 0.261 e. The minimum atomic E-state index is -1.64. The molecule has 2 aromatic carbocycles. The van der Waals surface area contributed by atoms with Gasteiger partial charge in [0.05, 0.1) is 6.42 Å². The molecule has 0 fully saturated rings. The summed E-state index contributed by atoms with van der Waals surface area (Å²) in [4.78, 5) is 24.0. The average Bonchev–Trinajstić information content (AvgIpc) is 2.81. The number of fused-ring (bicyclic) bond motifs is 1. The Balaban J connectivity index is 1.59. The van der Waals surface area contributed by atoms with E-state index in [0.717, 1.165) is 0 Å². The molecule has 2 amide bonds. The van der Waals surface area contributed by atoms with E-state index in [0.29, 0.717) is 16.8 Å². The lowest BCUT2D eigenvalue weighted by atomic mass is 9.92. The number of hydrogen-bond donors (Lipinski definition) is 4. The number of hydrogen-bond acceptors (Lipinski definition) is 4. The molecule has 6 nitrogen and oxygen atoms in total. The van der Waals surface area contributed by atoms with Gasteiger partial charge in [-0.1, -0.05) is 36.4 Å². The summed E-state index contributed by atoms with van der Waals surface area (Å²) in [7, 11) is 0. The van der Waals surface area contributed by atoms with Crippen LogP contribution in [-0.4, -0.2) is 28.6 Å². The number of para-hydroxylation sites is 2. The molecule has 3 rings (SSSR count). The van der Waals surface area contributed by atoms with Gasteiger partial charge in [0.1, 0.15) is 5.75 Å². The van der Waals surface area contributed by atoms with Crippen LogP contribution in [0.1, 0.15) is 17.5 Å². The highest BCUT2D eigenvalue weighted by Gasteiger charge is 2.44. The third-order valence-corrected chi connectivity index (χ3v) is 4.15. The lowest BCUT2D eigenvalue weighted by molar-refractivity contribution is -0.134. The van der Waals surface area contributed by atoms with Gasteiger partial charge in [0.25, 0.3) is 5.91 Å². The number of anilines is 1. The molecular weight excluding hydrogens is 308 g/mol. The average molecular weight is 326 g/mol. The van der Waals surface area contributed by atoms with Gasteiger partial charge in [-0.2, -0.15) is 0 Å². The number of nitrogens with one attached hydrogen (secondary N) is 2. The number of phenols is 1. The highest BCUT2D eigenvalue weighted by Crippen LogP contribution is 2.37. The highest BCUT2D eigenvalue weighted by molar-refractivity contribution is 6.04. The van der Waals surface area contributed by atoms with Crippen molar-refractivity contribution in [3.8, 4) is 5.75 Å². The van der Waals surface area contributed by atoms with Gasteiger partial charge in [-0.25, -0.2) is 0 Å². The fourth-order valence-corrected chi connectivity index (χ4v) is 2.83. The van der Waals surface area contributed by atoms with E-state index in [1.54, 1.807) is 42.5 Å². The smallest absolute Gasteiger partial charge is 0.261 e. The molecule has 1 atom stereocenters. The van der Waals surface area contributed by atoms with E-state index < -0.39 is 11.5 Å². The molecule has 24 heavy (non-hydrogen) atoms. The molecule has 0 aromatic heterocycles. The van der Waals surface area contributed by atoms with Gasteiger partial charge in [0.2, 0.25) is 5.91 Å². The Morgan fingerprint density at radius 2 is 1.83 bits per heavy atom. The van der Waals surface area contributed by atoms with Crippen molar-refractivity contribution in [2.45, 2.75) is 18.4 Å². The monoisotopic (exact) mass is 326 g/mol. The number of rotatable bonds is 5. The summed E-state index contributed by atoms with van der Waals surface area (Å²) in [6, 6.07) is 13.6. The van der Waals surface area contributed by atoms with Gasteiger partial charge < -0.3 is 20.8 Å². The summed E-state index contributed by atoms with van der Waals surface area (Å²) in [6.07, 6.45) is 0.107. The van der Waals surface area contributed by atoms with Crippen molar-refractivity contribution >= 4 is 17.5 Å². The first-order valence-corrected chi connectivity index (χ1v) is 7.67. The number of carbonyl (C=O) groups is 2. The van der Waals surface area contributed by atoms with Gasteiger partial charge in [0, 0.05) is 29.8 Å². The molecule has 0 aliphatic carbocycles. The predicted molar refractivity (Wildman–Crippen MR) is 88.4 cm³/mol. The molecule has 0 bridgehead atoms. The topological polar surface area (TPSA) is 98.7 Å². The van der Waals surface area contributed by atoms with Crippen LogP contribution >= 0.6 is 0 Å². The molecule has 0 radical (unpaired) electrons. The summed E-state index contributed by atoms with van der Waals surface area (Å²) in [5, 5.41) is 25.6. The van der Waals surface area contributed by atoms with Crippen LogP contribution in [-0.2, 0) is 21.6 Å². The van der Waals surface area contributed by atoms with Crippen LogP contribution < -0.4 is 10.6 Å². The Morgan fingerprint density at radius 1 is 1.12 bits per heavy atom. The molecule has 1 heterocycles. The maximum atomic E-state index is 12.1. The molecule has 1 aliphatic rings. The normalized spacial score (nSPS) is 18.8. The van der Waals surface area contributed by atoms with Crippen molar-refractivity contribution in [1.29, 1.82) is 0 Å². The zero-order chi connectivity index (χ0) is 17.2. The third kappa shape index (κ3) is 2.96. The Hall–Kier alpha value is -2.86. The van der Waals surface area contributed by atoms with Crippen LogP contribution in [0.5, 0.6) is 5.75 Å². The van der Waals surface area contributed by atoms with Crippen LogP contribution in [0, 0.1) is 0 Å². The van der Waals surface area contributed by atoms with Crippen LogP contribution in [0.25, 0.3) is 0 Å². The second-order valence-corrected chi connectivity index (χ2v) is 5.77. The Kier molecular flexibility index (Phi) is 4.22.